The van der Waals surface area contributed by atoms with Crippen molar-refractivity contribution in [3.63, 3.8) is 0 Å². The van der Waals surface area contributed by atoms with E-state index >= 15 is 0 Å². The number of hydrogen-bond donors (Lipinski definition) is 1. The number of fused-ring (bicyclic) bond motifs is 1. The van der Waals surface area contributed by atoms with E-state index in [9.17, 15) is 9.59 Å². The Kier molecular flexibility index (Phi) is 6.35. The number of aromatic nitrogens is 1. The molecule has 2 aromatic carbocycles. The van der Waals surface area contributed by atoms with E-state index in [0.29, 0.717) is 22.7 Å². The van der Waals surface area contributed by atoms with Gasteiger partial charge in [-0.05, 0) is 41.2 Å². The van der Waals surface area contributed by atoms with Gasteiger partial charge >= 0.3 is 0 Å². The number of amides is 2. The number of benzene rings is 2. The monoisotopic (exact) mass is 435 g/mol. The molecule has 6 heteroatoms. The standard InChI is InChI=1S/C26H33N3O3/c1-9-16-11-10-12-17-13-21(29(7)22(16)17)24(30)27-20-15-18(26(2,3)4)14-19(23(20)32-8)25(31)28(5)6/h10-15H,9H2,1-8H3,(H,27,30). The third kappa shape index (κ3) is 4.22. The lowest BCUT2D eigenvalue weighted by Crippen LogP contribution is -2.25. The van der Waals surface area contributed by atoms with Crippen molar-refractivity contribution in [2.75, 3.05) is 26.5 Å². The van der Waals surface area contributed by atoms with Gasteiger partial charge in [-0.25, -0.2) is 0 Å². The number of nitrogens with one attached hydrogen (secondary N) is 1. The third-order valence-electron chi connectivity index (χ3n) is 5.80. The SMILES string of the molecule is CCc1cccc2cc(C(=O)Nc3cc(C(C)(C)C)cc(C(=O)N(C)C)c3OC)n(C)c12. The third-order valence-corrected chi connectivity index (χ3v) is 5.80. The Balaban J connectivity index is 2.13. The lowest BCUT2D eigenvalue weighted by Gasteiger charge is -2.24. The Morgan fingerprint density at radius 2 is 1.81 bits per heavy atom. The van der Waals surface area contributed by atoms with Crippen LogP contribution < -0.4 is 10.1 Å². The van der Waals surface area contributed by atoms with Crippen LogP contribution in [0.15, 0.2) is 36.4 Å². The van der Waals surface area contributed by atoms with Gasteiger partial charge in [-0.2, -0.15) is 0 Å². The first-order valence-corrected chi connectivity index (χ1v) is 10.8. The molecule has 0 aliphatic carbocycles. The largest absolute Gasteiger partial charge is 0.494 e. The van der Waals surface area contributed by atoms with E-state index in [2.05, 4.69) is 39.1 Å². The number of anilines is 1. The van der Waals surface area contributed by atoms with E-state index in [1.807, 2.05) is 41.9 Å². The van der Waals surface area contributed by atoms with Gasteiger partial charge < -0.3 is 19.5 Å². The number of nitrogens with zero attached hydrogens (tertiary/aromatic N) is 2. The zero-order valence-electron chi connectivity index (χ0n) is 20.3. The average molecular weight is 436 g/mol. The van der Waals surface area contributed by atoms with Crippen LogP contribution in [0.4, 0.5) is 5.69 Å². The lowest BCUT2D eigenvalue weighted by molar-refractivity contribution is 0.0823. The predicted octanol–water partition coefficient (Wildman–Crippen LogP) is 5.00. The van der Waals surface area contributed by atoms with E-state index in [0.717, 1.165) is 22.9 Å². The second-order valence-electron chi connectivity index (χ2n) is 9.31. The minimum absolute atomic E-state index is 0.180. The molecule has 0 fully saturated rings. The van der Waals surface area contributed by atoms with Crippen LogP contribution in [0.3, 0.4) is 0 Å². The molecule has 0 radical (unpaired) electrons. The number of carbonyl (C=O) groups excluding carboxylic acids is 2. The molecule has 0 saturated heterocycles. The number of hydrogen-bond acceptors (Lipinski definition) is 3. The number of rotatable bonds is 5. The summed E-state index contributed by atoms with van der Waals surface area (Å²) in [6.45, 7) is 8.31. The zero-order valence-corrected chi connectivity index (χ0v) is 20.3. The molecule has 6 nitrogen and oxygen atoms in total. The molecule has 1 N–H and O–H groups in total. The van der Waals surface area contributed by atoms with Crippen molar-refractivity contribution in [2.45, 2.75) is 39.5 Å². The molecule has 0 aliphatic heterocycles. The molecule has 0 atom stereocenters. The molecule has 1 aromatic heterocycles. The fourth-order valence-corrected chi connectivity index (χ4v) is 3.97. The van der Waals surface area contributed by atoms with Crippen LogP contribution in [0.1, 0.15) is 59.7 Å². The van der Waals surface area contributed by atoms with Crippen LogP contribution in [-0.4, -0.2) is 42.5 Å². The molecule has 0 saturated carbocycles. The average Bonchev–Trinajstić information content (AvgIpc) is 3.08. The predicted molar refractivity (Wildman–Crippen MR) is 130 cm³/mol. The maximum atomic E-state index is 13.4. The molecule has 3 aromatic rings. The Labute approximate surface area is 190 Å². The normalized spacial score (nSPS) is 11.5. The Bertz CT molecular complexity index is 1180. The van der Waals surface area contributed by atoms with Crippen molar-refractivity contribution in [3.8, 4) is 5.75 Å². The number of methoxy groups -OCH3 is 1. The minimum Gasteiger partial charge on any atom is -0.494 e. The first-order chi connectivity index (χ1) is 15.0. The molecular weight excluding hydrogens is 402 g/mol. The summed E-state index contributed by atoms with van der Waals surface area (Å²) in [6.07, 6.45) is 0.883. The molecule has 3 rings (SSSR count). The van der Waals surface area contributed by atoms with Crippen LogP contribution in [0, 0.1) is 0 Å². The van der Waals surface area contributed by atoms with Crippen LogP contribution in [0.25, 0.3) is 10.9 Å². The van der Waals surface area contributed by atoms with Gasteiger partial charge in [0.25, 0.3) is 11.8 Å². The van der Waals surface area contributed by atoms with Gasteiger partial charge in [0, 0.05) is 26.5 Å². The van der Waals surface area contributed by atoms with E-state index in [1.165, 1.54) is 17.6 Å². The second kappa shape index (κ2) is 8.69. The van der Waals surface area contributed by atoms with Gasteiger partial charge in [-0.1, -0.05) is 45.9 Å². The van der Waals surface area contributed by atoms with Gasteiger partial charge in [-0.3, -0.25) is 9.59 Å². The van der Waals surface area contributed by atoms with Crippen LogP contribution in [0.2, 0.25) is 0 Å². The first-order valence-electron chi connectivity index (χ1n) is 10.8. The van der Waals surface area contributed by atoms with Gasteiger partial charge in [0.15, 0.2) is 5.75 Å². The molecule has 0 bridgehead atoms. The number of ether oxygens (including phenoxy) is 1. The van der Waals surface area contributed by atoms with Crippen LogP contribution >= 0.6 is 0 Å². The Morgan fingerprint density at radius 3 is 2.38 bits per heavy atom. The van der Waals surface area contributed by atoms with Crippen molar-refractivity contribution in [1.82, 2.24) is 9.47 Å². The summed E-state index contributed by atoms with van der Waals surface area (Å²) in [7, 11) is 6.81. The van der Waals surface area contributed by atoms with Gasteiger partial charge in [0.05, 0.1) is 23.9 Å². The van der Waals surface area contributed by atoms with Crippen LogP contribution in [-0.2, 0) is 18.9 Å². The molecule has 0 unspecified atom stereocenters. The Hall–Kier alpha value is -3.28. The molecule has 32 heavy (non-hydrogen) atoms. The molecule has 1 heterocycles. The minimum atomic E-state index is -0.252. The molecule has 0 aliphatic rings. The van der Waals surface area contributed by atoms with Crippen molar-refractivity contribution in [3.05, 3.63) is 58.8 Å². The summed E-state index contributed by atoms with van der Waals surface area (Å²) in [6, 6.07) is 11.7. The fraction of sp³-hybridized carbons (Fsp3) is 0.385. The number of carbonyl (C=O) groups is 2. The molecule has 0 spiro atoms. The highest BCUT2D eigenvalue weighted by Gasteiger charge is 2.25. The van der Waals surface area contributed by atoms with E-state index < -0.39 is 0 Å². The Morgan fingerprint density at radius 1 is 1.12 bits per heavy atom. The summed E-state index contributed by atoms with van der Waals surface area (Å²) >= 11 is 0. The maximum absolute atomic E-state index is 13.4. The number of aryl methyl sites for hydroxylation is 2. The quantitative estimate of drug-likeness (QED) is 0.613. The summed E-state index contributed by atoms with van der Waals surface area (Å²) in [5.74, 6) is -0.0722. The van der Waals surface area contributed by atoms with Crippen molar-refractivity contribution >= 4 is 28.4 Å². The number of para-hydroxylation sites is 1. The highest BCUT2D eigenvalue weighted by atomic mass is 16.5. The van der Waals surface area contributed by atoms with Crippen LogP contribution in [0.5, 0.6) is 5.75 Å². The summed E-state index contributed by atoms with van der Waals surface area (Å²) < 4.78 is 7.53. The van der Waals surface area contributed by atoms with Gasteiger partial charge in [0.1, 0.15) is 5.69 Å². The highest BCUT2D eigenvalue weighted by molar-refractivity contribution is 6.09. The van der Waals surface area contributed by atoms with Crippen molar-refractivity contribution in [2.24, 2.45) is 7.05 Å². The summed E-state index contributed by atoms with van der Waals surface area (Å²) in [5, 5.41) is 4.03. The molecule has 170 valence electrons. The van der Waals surface area contributed by atoms with Crippen molar-refractivity contribution in [1.29, 1.82) is 0 Å². The van der Waals surface area contributed by atoms with Gasteiger partial charge in [-0.15, -0.1) is 0 Å². The molecular formula is C26H33N3O3. The summed E-state index contributed by atoms with van der Waals surface area (Å²) in [5.41, 5.74) is 4.41. The van der Waals surface area contributed by atoms with E-state index in [4.69, 9.17) is 4.74 Å². The highest BCUT2D eigenvalue weighted by Crippen LogP contribution is 2.36. The molecule has 2 amide bonds. The first kappa shape index (κ1) is 23.4. The lowest BCUT2D eigenvalue weighted by atomic mass is 9.85. The smallest absolute Gasteiger partial charge is 0.272 e. The second-order valence-corrected chi connectivity index (χ2v) is 9.31. The zero-order chi connectivity index (χ0) is 23.8. The van der Waals surface area contributed by atoms with Crippen molar-refractivity contribution < 1.29 is 14.3 Å². The topological polar surface area (TPSA) is 63.6 Å². The van der Waals surface area contributed by atoms with E-state index in [1.54, 1.807) is 14.1 Å². The fourth-order valence-electron chi connectivity index (χ4n) is 3.97. The summed E-state index contributed by atoms with van der Waals surface area (Å²) in [4.78, 5) is 27.8. The maximum Gasteiger partial charge on any atom is 0.272 e. The van der Waals surface area contributed by atoms with E-state index in [-0.39, 0.29) is 17.2 Å². The van der Waals surface area contributed by atoms with Gasteiger partial charge in [0.2, 0.25) is 0 Å².